The number of carbonyl (C=O) groups excluding carboxylic acids is 2. The van der Waals surface area contributed by atoms with Crippen LogP contribution in [-0.4, -0.2) is 36.1 Å². The number of amides is 2. The van der Waals surface area contributed by atoms with Crippen molar-refractivity contribution < 1.29 is 14.7 Å². The van der Waals surface area contributed by atoms with E-state index in [4.69, 9.17) is 5.11 Å². The first-order chi connectivity index (χ1) is 7.47. The molecule has 16 heavy (non-hydrogen) atoms. The fourth-order valence-electron chi connectivity index (χ4n) is 1.28. The summed E-state index contributed by atoms with van der Waals surface area (Å²) in [5.41, 5.74) is 0. The van der Waals surface area contributed by atoms with E-state index in [9.17, 15) is 9.59 Å². The number of hydrogen-bond donors (Lipinski definition) is 3. The van der Waals surface area contributed by atoms with Gasteiger partial charge in [-0.25, -0.2) is 0 Å². The predicted molar refractivity (Wildman–Crippen MR) is 61.8 cm³/mol. The van der Waals surface area contributed by atoms with Crippen LogP contribution in [-0.2, 0) is 9.59 Å². The van der Waals surface area contributed by atoms with Crippen molar-refractivity contribution in [3.63, 3.8) is 0 Å². The van der Waals surface area contributed by atoms with Gasteiger partial charge in [0.05, 0.1) is 0 Å². The molecule has 0 radical (unpaired) electrons. The molecule has 0 aromatic heterocycles. The quantitative estimate of drug-likeness (QED) is 0.540. The van der Waals surface area contributed by atoms with E-state index in [0.717, 1.165) is 12.8 Å². The average Bonchev–Trinajstić information content (AvgIpc) is 2.22. The van der Waals surface area contributed by atoms with Gasteiger partial charge in [-0.1, -0.05) is 6.92 Å². The third kappa shape index (κ3) is 7.23. The SMILES string of the molecule is CC(=O)NC(C)C(=O)NCCCC(C)CO. The van der Waals surface area contributed by atoms with Crippen LogP contribution in [0.2, 0.25) is 0 Å². The molecule has 2 unspecified atom stereocenters. The molecule has 0 rings (SSSR count). The highest BCUT2D eigenvalue weighted by Crippen LogP contribution is 2.02. The van der Waals surface area contributed by atoms with E-state index in [-0.39, 0.29) is 24.3 Å². The monoisotopic (exact) mass is 230 g/mol. The molecular formula is C11H22N2O3. The zero-order valence-electron chi connectivity index (χ0n) is 10.2. The van der Waals surface area contributed by atoms with E-state index in [0.29, 0.717) is 6.54 Å². The van der Waals surface area contributed by atoms with Crippen LogP contribution in [0, 0.1) is 5.92 Å². The van der Waals surface area contributed by atoms with Crippen LogP contribution in [0.15, 0.2) is 0 Å². The lowest BCUT2D eigenvalue weighted by Gasteiger charge is -2.13. The Labute approximate surface area is 96.6 Å². The Kier molecular flexibility index (Phi) is 7.54. The standard InChI is InChI=1S/C11H22N2O3/c1-8(7-14)5-4-6-12-11(16)9(2)13-10(3)15/h8-9,14H,4-7H2,1-3H3,(H,12,16)(H,13,15). The molecule has 94 valence electrons. The molecule has 3 N–H and O–H groups in total. The second-order valence-electron chi connectivity index (χ2n) is 4.14. The normalized spacial score (nSPS) is 14.0. The summed E-state index contributed by atoms with van der Waals surface area (Å²) >= 11 is 0. The second-order valence-corrected chi connectivity index (χ2v) is 4.14. The third-order valence-electron chi connectivity index (χ3n) is 2.30. The fraction of sp³-hybridized carbons (Fsp3) is 0.818. The van der Waals surface area contributed by atoms with Crippen LogP contribution in [0.25, 0.3) is 0 Å². The maximum Gasteiger partial charge on any atom is 0.242 e. The number of aliphatic hydroxyl groups is 1. The minimum absolute atomic E-state index is 0.174. The molecule has 0 fully saturated rings. The van der Waals surface area contributed by atoms with E-state index in [2.05, 4.69) is 10.6 Å². The highest BCUT2D eigenvalue weighted by molar-refractivity contribution is 5.86. The molecule has 2 atom stereocenters. The van der Waals surface area contributed by atoms with E-state index >= 15 is 0 Å². The molecule has 0 aliphatic rings. The summed E-state index contributed by atoms with van der Waals surface area (Å²) in [5, 5.41) is 14.0. The van der Waals surface area contributed by atoms with Gasteiger partial charge in [0.15, 0.2) is 0 Å². The van der Waals surface area contributed by atoms with Crippen LogP contribution in [0.4, 0.5) is 0 Å². The van der Waals surface area contributed by atoms with Crippen molar-refractivity contribution in [2.45, 2.75) is 39.7 Å². The summed E-state index contributed by atoms with van der Waals surface area (Å²) < 4.78 is 0. The Morgan fingerprint density at radius 3 is 2.44 bits per heavy atom. The van der Waals surface area contributed by atoms with Crippen molar-refractivity contribution in [1.82, 2.24) is 10.6 Å². The molecule has 0 bridgehead atoms. The zero-order chi connectivity index (χ0) is 12.6. The van der Waals surface area contributed by atoms with Gasteiger partial charge in [-0.3, -0.25) is 9.59 Å². The maximum absolute atomic E-state index is 11.4. The van der Waals surface area contributed by atoms with E-state index < -0.39 is 6.04 Å². The van der Waals surface area contributed by atoms with Crippen LogP contribution in [0.3, 0.4) is 0 Å². The molecule has 0 saturated carbocycles. The summed E-state index contributed by atoms with van der Waals surface area (Å²) in [6.07, 6.45) is 1.71. The first-order valence-corrected chi connectivity index (χ1v) is 5.63. The molecule has 0 aromatic rings. The first kappa shape index (κ1) is 14.9. The van der Waals surface area contributed by atoms with Crippen molar-refractivity contribution in [3.8, 4) is 0 Å². The molecule has 0 saturated heterocycles. The third-order valence-corrected chi connectivity index (χ3v) is 2.30. The topological polar surface area (TPSA) is 78.4 Å². The summed E-state index contributed by atoms with van der Waals surface area (Å²) in [6.45, 7) is 5.74. The van der Waals surface area contributed by atoms with Gasteiger partial charge in [-0.2, -0.15) is 0 Å². The number of hydrogen-bond acceptors (Lipinski definition) is 3. The Morgan fingerprint density at radius 1 is 1.31 bits per heavy atom. The molecule has 2 amide bonds. The second kappa shape index (κ2) is 8.10. The predicted octanol–water partition coefficient (Wildman–Crippen LogP) is 0.0358. The first-order valence-electron chi connectivity index (χ1n) is 5.63. The van der Waals surface area contributed by atoms with Gasteiger partial charge in [0.2, 0.25) is 11.8 Å². The fourth-order valence-corrected chi connectivity index (χ4v) is 1.28. The van der Waals surface area contributed by atoms with Crippen LogP contribution in [0.1, 0.15) is 33.6 Å². The highest BCUT2D eigenvalue weighted by Gasteiger charge is 2.12. The molecule has 0 aromatic carbocycles. The average molecular weight is 230 g/mol. The lowest BCUT2D eigenvalue weighted by Crippen LogP contribution is -2.44. The molecule has 0 aliphatic carbocycles. The molecule has 5 heteroatoms. The highest BCUT2D eigenvalue weighted by atomic mass is 16.3. The van der Waals surface area contributed by atoms with Gasteiger partial charge in [-0.05, 0) is 25.7 Å². The van der Waals surface area contributed by atoms with E-state index in [1.165, 1.54) is 6.92 Å². The Bertz CT molecular complexity index is 231. The van der Waals surface area contributed by atoms with Crippen molar-refractivity contribution in [3.05, 3.63) is 0 Å². The Morgan fingerprint density at radius 2 is 1.94 bits per heavy atom. The van der Waals surface area contributed by atoms with Crippen molar-refractivity contribution in [1.29, 1.82) is 0 Å². The molecule has 0 spiro atoms. The van der Waals surface area contributed by atoms with Crippen LogP contribution >= 0.6 is 0 Å². The minimum atomic E-state index is -0.493. The maximum atomic E-state index is 11.4. The minimum Gasteiger partial charge on any atom is -0.396 e. The summed E-state index contributed by atoms with van der Waals surface area (Å²) in [6, 6.07) is -0.493. The summed E-state index contributed by atoms with van der Waals surface area (Å²) in [4.78, 5) is 22.1. The summed E-state index contributed by atoms with van der Waals surface area (Å²) in [5.74, 6) is -0.118. The van der Waals surface area contributed by atoms with Crippen molar-refractivity contribution in [2.24, 2.45) is 5.92 Å². The lowest BCUT2D eigenvalue weighted by atomic mass is 10.1. The Hall–Kier alpha value is -1.10. The number of carbonyl (C=O) groups is 2. The van der Waals surface area contributed by atoms with Crippen molar-refractivity contribution in [2.75, 3.05) is 13.2 Å². The molecule has 0 aliphatic heterocycles. The van der Waals surface area contributed by atoms with Crippen LogP contribution < -0.4 is 10.6 Å². The smallest absolute Gasteiger partial charge is 0.242 e. The van der Waals surface area contributed by atoms with Gasteiger partial charge < -0.3 is 15.7 Å². The van der Waals surface area contributed by atoms with Gasteiger partial charge in [-0.15, -0.1) is 0 Å². The Balaban J connectivity index is 3.61. The lowest BCUT2D eigenvalue weighted by molar-refractivity contribution is -0.127. The van der Waals surface area contributed by atoms with E-state index in [1.54, 1.807) is 6.92 Å². The molecule has 0 heterocycles. The molecule has 5 nitrogen and oxygen atoms in total. The van der Waals surface area contributed by atoms with Gasteiger partial charge in [0.1, 0.15) is 6.04 Å². The number of aliphatic hydroxyl groups excluding tert-OH is 1. The van der Waals surface area contributed by atoms with Gasteiger partial charge in [0, 0.05) is 20.1 Å². The molecular weight excluding hydrogens is 208 g/mol. The van der Waals surface area contributed by atoms with Crippen LogP contribution in [0.5, 0.6) is 0 Å². The van der Waals surface area contributed by atoms with E-state index in [1.807, 2.05) is 6.92 Å². The number of nitrogens with one attached hydrogen (secondary N) is 2. The van der Waals surface area contributed by atoms with Gasteiger partial charge >= 0.3 is 0 Å². The van der Waals surface area contributed by atoms with Gasteiger partial charge in [0.25, 0.3) is 0 Å². The zero-order valence-corrected chi connectivity index (χ0v) is 10.2. The number of rotatable bonds is 7. The van der Waals surface area contributed by atoms with Crippen molar-refractivity contribution >= 4 is 11.8 Å². The largest absolute Gasteiger partial charge is 0.396 e. The summed E-state index contributed by atoms with van der Waals surface area (Å²) in [7, 11) is 0.